The van der Waals surface area contributed by atoms with Gasteiger partial charge in [0.25, 0.3) is 5.56 Å². The number of aromatic amines is 1. The summed E-state index contributed by atoms with van der Waals surface area (Å²) in [6.07, 6.45) is 5.93. The van der Waals surface area contributed by atoms with Gasteiger partial charge in [-0.1, -0.05) is 19.1 Å². The van der Waals surface area contributed by atoms with Crippen LogP contribution in [0, 0.1) is 6.92 Å². The van der Waals surface area contributed by atoms with Gasteiger partial charge in [-0.25, -0.2) is 4.99 Å². The van der Waals surface area contributed by atoms with Crippen LogP contribution in [0.5, 0.6) is 5.75 Å². The second-order valence-electron chi connectivity index (χ2n) is 8.55. The molecule has 2 aromatic rings. The predicted molar refractivity (Wildman–Crippen MR) is 119 cm³/mol. The SMILES string of the molecule is C=c1c(=O)[nH]c2n1Cc1cc(C)cc(OCCCCCC(C(N)=O)N3CCCC3)c1N=2. The number of carbonyl (C=O) groups is 1. The van der Waals surface area contributed by atoms with E-state index in [1.807, 2.05) is 13.0 Å². The third-order valence-electron chi connectivity index (χ3n) is 6.20. The number of amides is 1. The fourth-order valence-electron chi connectivity index (χ4n) is 4.56. The Morgan fingerprint density at radius 3 is 2.81 bits per heavy atom. The lowest BCUT2D eigenvalue weighted by atomic mass is 10.1. The van der Waals surface area contributed by atoms with Crippen LogP contribution in [0.2, 0.25) is 0 Å². The molecule has 2 aliphatic heterocycles. The normalized spacial score (nSPS) is 16.4. The number of unbranched alkanes of at least 4 members (excludes halogenated alkanes) is 2. The van der Waals surface area contributed by atoms with Gasteiger partial charge in [-0.15, -0.1) is 0 Å². The summed E-state index contributed by atoms with van der Waals surface area (Å²) >= 11 is 0. The number of imidazole rings is 1. The number of fused-ring (bicyclic) bond motifs is 2. The first kappa shape index (κ1) is 21.4. The average Bonchev–Trinajstić information content (AvgIpc) is 3.34. The third kappa shape index (κ3) is 4.58. The number of carbonyl (C=O) groups excluding carboxylic acids is 1. The second-order valence-corrected chi connectivity index (χ2v) is 8.55. The fraction of sp³-hybridized carbons (Fsp3) is 0.522. The Kier molecular flexibility index (Phi) is 6.27. The lowest BCUT2D eigenvalue weighted by Crippen LogP contribution is -2.43. The Morgan fingerprint density at radius 1 is 1.29 bits per heavy atom. The van der Waals surface area contributed by atoms with E-state index < -0.39 is 0 Å². The van der Waals surface area contributed by atoms with Gasteiger partial charge < -0.3 is 15.0 Å². The van der Waals surface area contributed by atoms with E-state index in [1.165, 1.54) is 0 Å². The molecule has 1 atom stereocenters. The molecule has 1 saturated heterocycles. The zero-order valence-corrected chi connectivity index (χ0v) is 18.2. The minimum Gasteiger partial charge on any atom is -0.491 e. The van der Waals surface area contributed by atoms with E-state index in [2.05, 4.69) is 27.5 Å². The summed E-state index contributed by atoms with van der Waals surface area (Å²) in [4.78, 5) is 33.3. The van der Waals surface area contributed by atoms with Crippen molar-refractivity contribution in [3.05, 3.63) is 44.6 Å². The van der Waals surface area contributed by atoms with Gasteiger partial charge in [0.1, 0.15) is 16.8 Å². The molecule has 8 heteroatoms. The topological polar surface area (TPSA) is 106 Å². The maximum Gasteiger partial charge on any atom is 0.274 e. The Labute approximate surface area is 181 Å². The maximum absolute atomic E-state index is 11.9. The molecule has 1 unspecified atom stereocenters. The van der Waals surface area contributed by atoms with Gasteiger partial charge in [0.2, 0.25) is 11.5 Å². The molecular formula is C23H31N5O3. The number of rotatable bonds is 9. The van der Waals surface area contributed by atoms with Crippen LogP contribution in [0.4, 0.5) is 5.69 Å². The van der Waals surface area contributed by atoms with Crippen molar-refractivity contribution < 1.29 is 9.53 Å². The quantitative estimate of drug-likeness (QED) is 0.501. The number of nitrogens with zero attached hydrogens (tertiary/aromatic N) is 3. The maximum atomic E-state index is 11.9. The van der Waals surface area contributed by atoms with Crippen molar-refractivity contribution in [2.75, 3.05) is 19.7 Å². The van der Waals surface area contributed by atoms with E-state index in [9.17, 15) is 9.59 Å². The molecule has 0 radical (unpaired) electrons. The highest BCUT2D eigenvalue weighted by molar-refractivity contribution is 5.79. The highest BCUT2D eigenvalue weighted by atomic mass is 16.5. The number of likely N-dealkylation sites (tertiary alicyclic amines) is 1. The molecule has 2 aliphatic rings. The highest BCUT2D eigenvalue weighted by Gasteiger charge is 2.25. The van der Waals surface area contributed by atoms with Crippen molar-refractivity contribution in [1.29, 1.82) is 0 Å². The molecule has 1 fully saturated rings. The monoisotopic (exact) mass is 425 g/mol. The van der Waals surface area contributed by atoms with Gasteiger partial charge in [0.15, 0.2) is 0 Å². The summed E-state index contributed by atoms with van der Waals surface area (Å²) in [7, 11) is 0. The number of primary amides is 1. The third-order valence-corrected chi connectivity index (χ3v) is 6.20. The van der Waals surface area contributed by atoms with Gasteiger partial charge in [-0.2, -0.15) is 0 Å². The average molecular weight is 426 g/mol. The van der Waals surface area contributed by atoms with Crippen molar-refractivity contribution in [2.24, 2.45) is 10.7 Å². The Hall–Kier alpha value is -2.87. The van der Waals surface area contributed by atoms with E-state index in [0.717, 1.165) is 74.2 Å². The van der Waals surface area contributed by atoms with Crippen molar-refractivity contribution >= 4 is 18.2 Å². The van der Waals surface area contributed by atoms with Crippen molar-refractivity contribution in [3.8, 4) is 5.75 Å². The van der Waals surface area contributed by atoms with Crippen LogP contribution in [-0.4, -0.2) is 46.1 Å². The van der Waals surface area contributed by atoms with E-state index in [0.29, 0.717) is 24.1 Å². The second kappa shape index (κ2) is 9.09. The van der Waals surface area contributed by atoms with Gasteiger partial charge in [0.05, 0.1) is 19.2 Å². The van der Waals surface area contributed by atoms with Crippen LogP contribution in [0.3, 0.4) is 0 Å². The molecular weight excluding hydrogens is 394 g/mol. The zero-order valence-electron chi connectivity index (χ0n) is 18.2. The predicted octanol–water partition coefficient (Wildman–Crippen LogP) is 1.10. The van der Waals surface area contributed by atoms with E-state index >= 15 is 0 Å². The molecule has 166 valence electrons. The van der Waals surface area contributed by atoms with Gasteiger partial charge >= 0.3 is 0 Å². The largest absolute Gasteiger partial charge is 0.491 e. The van der Waals surface area contributed by atoms with Crippen LogP contribution >= 0.6 is 0 Å². The van der Waals surface area contributed by atoms with E-state index in [4.69, 9.17) is 10.5 Å². The summed E-state index contributed by atoms with van der Waals surface area (Å²) in [6.45, 7) is 8.94. The molecule has 8 nitrogen and oxygen atoms in total. The minimum absolute atomic E-state index is 0.137. The molecule has 4 rings (SSSR count). The van der Waals surface area contributed by atoms with Crippen molar-refractivity contribution in [1.82, 2.24) is 14.5 Å². The number of hydrogen-bond acceptors (Lipinski definition) is 5. The number of nitrogens with two attached hydrogens (primary N) is 1. The van der Waals surface area contributed by atoms with Crippen LogP contribution in [0.25, 0.3) is 6.58 Å². The first-order valence-corrected chi connectivity index (χ1v) is 11.1. The smallest absolute Gasteiger partial charge is 0.274 e. The molecule has 0 spiro atoms. The molecule has 3 N–H and O–H groups in total. The van der Waals surface area contributed by atoms with E-state index in [-0.39, 0.29) is 17.5 Å². The Balaban J connectivity index is 1.34. The first-order chi connectivity index (χ1) is 14.9. The lowest BCUT2D eigenvalue weighted by molar-refractivity contribution is -0.123. The molecule has 0 aliphatic carbocycles. The summed E-state index contributed by atoms with van der Waals surface area (Å²) < 4.78 is 7.87. The van der Waals surface area contributed by atoms with Gasteiger partial charge in [-0.05, 0) is 63.7 Å². The number of H-pyrrole nitrogens is 1. The molecule has 0 bridgehead atoms. The highest BCUT2D eigenvalue weighted by Crippen LogP contribution is 2.34. The van der Waals surface area contributed by atoms with Crippen molar-refractivity contribution in [2.45, 2.75) is 58.0 Å². The Morgan fingerprint density at radius 2 is 2.06 bits per heavy atom. The number of benzene rings is 1. The van der Waals surface area contributed by atoms with Crippen LogP contribution < -0.4 is 27.0 Å². The number of hydrogen-bond donors (Lipinski definition) is 2. The summed E-state index contributed by atoms with van der Waals surface area (Å²) in [5.41, 5.74) is 8.79. The standard InChI is InChI=1S/C23H31N5O3/c1-15-12-17-14-28-16(2)22(30)26-23(28)25-20(17)19(13-15)31-11-7-3-4-8-18(21(24)29)27-9-5-6-10-27/h12-13,18H,2-11,14H2,1H3,(H2,24,29)(H,25,26,30). The molecule has 1 aromatic carbocycles. The Bertz CT molecular complexity index is 1130. The molecule has 31 heavy (non-hydrogen) atoms. The number of nitrogens with one attached hydrogen (secondary N) is 1. The number of aromatic nitrogens is 2. The minimum atomic E-state index is -0.214. The summed E-state index contributed by atoms with van der Waals surface area (Å²) in [5, 5.41) is 0.413. The molecule has 0 saturated carbocycles. The van der Waals surface area contributed by atoms with Gasteiger partial charge in [0, 0.05) is 5.56 Å². The zero-order chi connectivity index (χ0) is 22.0. The van der Waals surface area contributed by atoms with E-state index in [1.54, 1.807) is 4.57 Å². The first-order valence-electron chi connectivity index (χ1n) is 11.1. The summed E-state index contributed by atoms with van der Waals surface area (Å²) in [5.74, 6) is 0.528. The lowest BCUT2D eigenvalue weighted by Gasteiger charge is -2.24. The molecule has 1 aromatic heterocycles. The van der Waals surface area contributed by atoms with Crippen molar-refractivity contribution in [3.63, 3.8) is 0 Å². The van der Waals surface area contributed by atoms with Crippen LogP contribution in [-0.2, 0) is 11.3 Å². The molecule has 3 heterocycles. The molecule has 1 amide bonds. The number of ether oxygens (including phenoxy) is 1. The fourth-order valence-corrected chi connectivity index (χ4v) is 4.56. The van der Waals surface area contributed by atoms with Crippen LogP contribution in [0.1, 0.15) is 49.7 Å². The van der Waals surface area contributed by atoms with Gasteiger partial charge in [-0.3, -0.25) is 19.5 Å². The summed E-state index contributed by atoms with van der Waals surface area (Å²) in [6, 6.07) is 3.92. The number of aryl methyl sites for hydroxylation is 1. The van der Waals surface area contributed by atoms with Crippen LogP contribution in [0.15, 0.2) is 21.9 Å².